The molecule has 2 aliphatic rings. The van der Waals surface area contributed by atoms with Crippen molar-refractivity contribution in [3.63, 3.8) is 0 Å². The fourth-order valence-electron chi connectivity index (χ4n) is 3.65. The lowest BCUT2D eigenvalue weighted by molar-refractivity contribution is -0.135. The summed E-state index contributed by atoms with van der Waals surface area (Å²) < 4.78 is 1.02. The van der Waals surface area contributed by atoms with Crippen LogP contribution in [0.2, 0.25) is 0 Å². The maximum atomic E-state index is 12.8. The molecule has 1 aromatic heterocycles. The molecule has 0 saturated carbocycles. The number of carbonyl (C=O) groups excluding carboxylic acids is 1. The molecule has 2 aromatic rings. The molecular weight excluding hydrogens is 348 g/mol. The van der Waals surface area contributed by atoms with Crippen LogP contribution in [0.25, 0.3) is 15.8 Å². The number of hydrogen-bond acceptors (Lipinski definition) is 5. The number of thiazole rings is 1. The van der Waals surface area contributed by atoms with Gasteiger partial charge in [0.05, 0.1) is 22.3 Å². The Morgan fingerprint density at radius 1 is 1.27 bits per heavy atom. The van der Waals surface area contributed by atoms with E-state index in [0.717, 1.165) is 36.1 Å². The van der Waals surface area contributed by atoms with E-state index in [2.05, 4.69) is 4.98 Å². The summed E-state index contributed by atoms with van der Waals surface area (Å²) in [7, 11) is 0. The summed E-state index contributed by atoms with van der Waals surface area (Å²) in [5.41, 5.74) is 1.31. The summed E-state index contributed by atoms with van der Waals surface area (Å²) in [6, 6.07) is 7.31. The Balaban J connectivity index is 1.56. The molecule has 1 aromatic carbocycles. The molecule has 1 saturated heterocycles. The quantitative estimate of drug-likeness (QED) is 0.869. The molecule has 0 radical (unpaired) electrons. The van der Waals surface area contributed by atoms with E-state index < -0.39 is 6.04 Å². The standard InChI is InChI=1S/C19H22N4O2S/c1-12(19(25)22-9-5-2-6-10-22)23-11-14(24)16(17(23)20)18-21-13-7-3-4-8-15(13)26-18/h3-4,7-8,12,20,24H,2,5-6,9-11H2,1H3/t12-/m1/s1. The van der Waals surface area contributed by atoms with E-state index in [9.17, 15) is 9.90 Å². The van der Waals surface area contributed by atoms with E-state index in [-0.39, 0.29) is 24.0 Å². The average molecular weight is 370 g/mol. The minimum atomic E-state index is -0.463. The van der Waals surface area contributed by atoms with Crippen LogP contribution in [0.5, 0.6) is 0 Å². The van der Waals surface area contributed by atoms with Crippen LogP contribution in [0.15, 0.2) is 30.0 Å². The van der Waals surface area contributed by atoms with Gasteiger partial charge in [0.1, 0.15) is 22.6 Å². The maximum absolute atomic E-state index is 12.8. The van der Waals surface area contributed by atoms with Crippen LogP contribution in [0.4, 0.5) is 0 Å². The van der Waals surface area contributed by atoms with Crippen molar-refractivity contribution in [3.8, 4) is 0 Å². The number of aromatic nitrogens is 1. The fraction of sp³-hybridized carbons (Fsp3) is 0.421. The van der Waals surface area contributed by atoms with E-state index in [1.165, 1.54) is 17.8 Å². The molecular formula is C19H22N4O2S. The largest absolute Gasteiger partial charge is 0.510 e. The predicted molar refractivity (Wildman–Crippen MR) is 103 cm³/mol. The number of fused-ring (bicyclic) bond motifs is 1. The number of likely N-dealkylation sites (tertiary alicyclic amines) is 1. The Kier molecular flexibility index (Phi) is 4.40. The third-order valence-corrected chi connectivity index (χ3v) is 6.19. The van der Waals surface area contributed by atoms with Crippen LogP contribution in [0.1, 0.15) is 31.2 Å². The lowest BCUT2D eigenvalue weighted by atomic mass is 10.1. The molecule has 1 atom stereocenters. The predicted octanol–water partition coefficient (Wildman–Crippen LogP) is 3.26. The molecule has 136 valence electrons. The lowest BCUT2D eigenvalue weighted by Gasteiger charge is -2.33. The number of amidine groups is 1. The number of benzene rings is 1. The van der Waals surface area contributed by atoms with Gasteiger partial charge in [0.25, 0.3) is 0 Å². The number of para-hydroxylation sites is 1. The van der Waals surface area contributed by atoms with Gasteiger partial charge >= 0.3 is 0 Å². The summed E-state index contributed by atoms with van der Waals surface area (Å²) in [6.45, 7) is 3.58. The highest BCUT2D eigenvalue weighted by atomic mass is 32.1. The second-order valence-electron chi connectivity index (χ2n) is 6.85. The zero-order chi connectivity index (χ0) is 18.3. The normalized spacial score (nSPS) is 19.5. The molecule has 0 unspecified atom stereocenters. The van der Waals surface area contributed by atoms with Crippen LogP contribution in [-0.4, -0.2) is 57.3 Å². The van der Waals surface area contributed by atoms with Gasteiger partial charge in [-0.1, -0.05) is 12.1 Å². The van der Waals surface area contributed by atoms with Crippen molar-refractivity contribution in [2.24, 2.45) is 0 Å². The van der Waals surface area contributed by atoms with E-state index in [1.807, 2.05) is 36.1 Å². The molecule has 2 N–H and O–H groups in total. The van der Waals surface area contributed by atoms with Crippen molar-refractivity contribution in [2.45, 2.75) is 32.2 Å². The summed E-state index contributed by atoms with van der Waals surface area (Å²) in [5.74, 6) is 0.333. The Bertz CT molecular complexity index is 865. The van der Waals surface area contributed by atoms with Crippen LogP contribution < -0.4 is 0 Å². The smallest absolute Gasteiger partial charge is 0.245 e. The maximum Gasteiger partial charge on any atom is 0.245 e. The van der Waals surface area contributed by atoms with Gasteiger partial charge in [-0.2, -0.15) is 0 Å². The number of amides is 1. The first kappa shape index (κ1) is 17.0. The molecule has 7 heteroatoms. The number of piperidine rings is 1. The minimum absolute atomic E-state index is 0.0350. The number of hydrogen-bond donors (Lipinski definition) is 2. The molecule has 3 heterocycles. The summed E-state index contributed by atoms with van der Waals surface area (Å²) in [6.07, 6.45) is 3.24. The fourth-order valence-corrected chi connectivity index (χ4v) is 4.68. The zero-order valence-electron chi connectivity index (χ0n) is 14.7. The Morgan fingerprint density at radius 3 is 2.73 bits per heavy atom. The summed E-state index contributed by atoms with van der Waals surface area (Å²) in [5, 5.41) is 19.7. The molecule has 2 aliphatic heterocycles. The number of rotatable bonds is 3. The van der Waals surface area contributed by atoms with Crippen LogP contribution in [-0.2, 0) is 4.79 Å². The first-order valence-electron chi connectivity index (χ1n) is 8.98. The second kappa shape index (κ2) is 6.72. The summed E-state index contributed by atoms with van der Waals surface area (Å²) >= 11 is 1.46. The molecule has 26 heavy (non-hydrogen) atoms. The number of nitrogens with zero attached hydrogens (tertiary/aromatic N) is 3. The highest BCUT2D eigenvalue weighted by molar-refractivity contribution is 7.19. The van der Waals surface area contributed by atoms with Gasteiger partial charge in [0, 0.05) is 13.1 Å². The summed E-state index contributed by atoms with van der Waals surface area (Å²) in [4.78, 5) is 20.9. The van der Waals surface area contributed by atoms with Gasteiger partial charge in [0.2, 0.25) is 5.91 Å². The number of aliphatic hydroxyl groups is 1. The van der Waals surface area contributed by atoms with Crippen molar-refractivity contribution < 1.29 is 9.90 Å². The molecule has 0 spiro atoms. The molecule has 0 aliphatic carbocycles. The van der Waals surface area contributed by atoms with Gasteiger partial charge in [-0.3, -0.25) is 10.2 Å². The van der Waals surface area contributed by atoms with Gasteiger partial charge in [-0.15, -0.1) is 11.3 Å². The van der Waals surface area contributed by atoms with Crippen molar-refractivity contribution in [1.29, 1.82) is 5.41 Å². The van der Waals surface area contributed by atoms with E-state index in [0.29, 0.717) is 10.6 Å². The highest BCUT2D eigenvalue weighted by Crippen LogP contribution is 2.34. The average Bonchev–Trinajstić information content (AvgIpc) is 3.21. The minimum Gasteiger partial charge on any atom is -0.510 e. The molecule has 1 fully saturated rings. The van der Waals surface area contributed by atoms with Crippen molar-refractivity contribution in [3.05, 3.63) is 35.0 Å². The SMILES string of the molecule is C[C@H](C(=O)N1CCCCC1)N1CC(O)=C(c2nc3ccccc3s2)C1=N. The van der Waals surface area contributed by atoms with Crippen LogP contribution in [0, 0.1) is 5.41 Å². The molecule has 0 bridgehead atoms. The number of carbonyl (C=O) groups is 1. The molecule has 4 rings (SSSR count). The van der Waals surface area contributed by atoms with Crippen molar-refractivity contribution >= 4 is 38.9 Å². The highest BCUT2D eigenvalue weighted by Gasteiger charge is 2.37. The third kappa shape index (κ3) is 2.86. The van der Waals surface area contributed by atoms with E-state index in [4.69, 9.17) is 5.41 Å². The van der Waals surface area contributed by atoms with Crippen LogP contribution >= 0.6 is 11.3 Å². The molecule has 6 nitrogen and oxygen atoms in total. The monoisotopic (exact) mass is 370 g/mol. The van der Waals surface area contributed by atoms with E-state index in [1.54, 1.807) is 4.90 Å². The lowest BCUT2D eigenvalue weighted by Crippen LogP contribution is -2.49. The first-order valence-corrected chi connectivity index (χ1v) is 9.80. The van der Waals surface area contributed by atoms with Gasteiger partial charge in [0.15, 0.2) is 0 Å². The number of nitrogens with one attached hydrogen (secondary N) is 1. The van der Waals surface area contributed by atoms with Crippen molar-refractivity contribution in [2.75, 3.05) is 19.6 Å². The van der Waals surface area contributed by atoms with Gasteiger partial charge in [-0.25, -0.2) is 4.98 Å². The number of aliphatic hydroxyl groups excluding tert-OH is 1. The molecule has 1 amide bonds. The topological polar surface area (TPSA) is 80.5 Å². The van der Waals surface area contributed by atoms with Crippen molar-refractivity contribution in [1.82, 2.24) is 14.8 Å². The zero-order valence-corrected chi connectivity index (χ0v) is 15.6. The Hall–Kier alpha value is -2.41. The second-order valence-corrected chi connectivity index (χ2v) is 7.88. The van der Waals surface area contributed by atoms with E-state index >= 15 is 0 Å². The third-order valence-electron chi connectivity index (χ3n) is 5.13. The van der Waals surface area contributed by atoms with Crippen LogP contribution in [0.3, 0.4) is 0 Å². The van der Waals surface area contributed by atoms with Gasteiger partial charge in [-0.05, 0) is 38.3 Å². The Labute approximate surface area is 156 Å². The first-order chi connectivity index (χ1) is 12.6. The Morgan fingerprint density at radius 2 is 2.00 bits per heavy atom. The van der Waals surface area contributed by atoms with Gasteiger partial charge < -0.3 is 14.9 Å².